The van der Waals surface area contributed by atoms with Crippen LogP contribution in [0.5, 0.6) is 34.5 Å². The predicted molar refractivity (Wildman–Crippen MR) is 567 cm³/mol. The largest absolute Gasteiger partial charge is 0.478 e. The van der Waals surface area contributed by atoms with Gasteiger partial charge in [-0.25, -0.2) is 24.0 Å². The van der Waals surface area contributed by atoms with Gasteiger partial charge in [0, 0.05) is 129 Å². The average molecular weight is 2090 g/mol. The number of aromatic carboxylic acids is 1. The van der Waals surface area contributed by atoms with Crippen molar-refractivity contribution in [2.24, 2.45) is 34.0 Å². The van der Waals surface area contributed by atoms with Crippen LogP contribution < -0.4 is 29.3 Å². The first-order valence-electron chi connectivity index (χ1n) is 51.1. The molecule has 3 spiro atoms. The summed E-state index contributed by atoms with van der Waals surface area (Å²) in [6.07, 6.45) is 23.3. The van der Waals surface area contributed by atoms with E-state index in [1.165, 1.54) is 51.5 Å². The summed E-state index contributed by atoms with van der Waals surface area (Å²) < 4.78 is 43.6. The number of carboxylic acid groups (broad SMARTS) is 1. The van der Waals surface area contributed by atoms with E-state index in [9.17, 15) is 43.5 Å². The first kappa shape index (κ1) is 103. The van der Waals surface area contributed by atoms with Gasteiger partial charge in [-0.1, -0.05) is 126 Å². The lowest BCUT2D eigenvalue weighted by atomic mass is 9.66. The first-order valence-corrected chi connectivity index (χ1v) is 53.0. The third-order valence-electron chi connectivity index (χ3n) is 30.2. The highest BCUT2D eigenvalue weighted by Gasteiger charge is 2.64. The van der Waals surface area contributed by atoms with E-state index in [2.05, 4.69) is 87.1 Å². The number of halogens is 4. The van der Waals surface area contributed by atoms with Crippen LogP contribution in [-0.4, -0.2) is 165 Å². The van der Waals surface area contributed by atoms with E-state index in [1.807, 2.05) is 151 Å². The molecule has 3 N–H and O–H groups in total. The Morgan fingerprint density at radius 3 is 1.14 bits per heavy atom. The Hall–Kier alpha value is -12.3. The number of H-pyrrole nitrogens is 1. The monoisotopic (exact) mass is 2090 g/mol. The quantitative estimate of drug-likeness (QED) is 0.0323. The van der Waals surface area contributed by atoms with E-state index in [0.717, 1.165) is 196 Å². The molecule has 3 aromatic heterocycles. The number of nitrogens with one attached hydrogen (secondary N) is 2. The fourth-order valence-corrected chi connectivity index (χ4v) is 24.0. The van der Waals surface area contributed by atoms with Crippen LogP contribution in [0.4, 0.5) is 21.0 Å². The average Bonchev–Trinajstić information content (AvgIpc) is 1.61. The molecule has 29 heteroatoms. The molecule has 3 unspecified atom stereocenters. The van der Waals surface area contributed by atoms with Crippen LogP contribution in [0.2, 0.25) is 15.1 Å². The molecule has 9 aliphatic rings. The number of amides is 3. The summed E-state index contributed by atoms with van der Waals surface area (Å²) in [6.45, 7) is 23.0. The predicted octanol–water partition coefficient (Wildman–Crippen LogP) is 27.0. The number of nitrogens with zero attached hydrogens (tertiary/aromatic N) is 7. The zero-order valence-corrected chi connectivity index (χ0v) is 87.3. The summed E-state index contributed by atoms with van der Waals surface area (Å²) in [5, 5.41) is 18.0. The Morgan fingerprint density at radius 1 is 0.414 bits per heavy atom. The number of esters is 2. The number of benzene rings is 9. The smallest absolute Gasteiger partial charge is 0.418 e. The zero-order chi connectivity index (χ0) is 102. The second-order valence-corrected chi connectivity index (χ2v) is 44.2. The van der Waals surface area contributed by atoms with E-state index in [0.29, 0.717) is 97.2 Å². The highest BCUT2D eigenvalue weighted by Crippen LogP contribution is 2.63. The number of carbonyl (C=O) groups excluding carboxylic acids is 7. The molecular formula is C116H127BrCl3N9O16. The van der Waals surface area contributed by atoms with Gasteiger partial charge in [0.25, 0.3) is 0 Å². The molecule has 6 saturated heterocycles. The molecule has 12 aromatic rings. The fraction of sp³-hybridized carbons (Fsp3) is 0.414. The standard InChI is InChI=1S/C41H46ClN3O6.C34H34ClN3O4.C22H22BrNO5.C19H25ClN2O/c1-5-49-37(46)33-14-12-31(25-35(33)50-32-13-15-34-29(24-32)18-23-44(34)39(48)51-40(2,3)4)43-21-16-27(17-22-43)26-45-36(28-8-10-30(42)11-9-28)41(38(45)47)19-6-7-20-41;35-25-5-3-23(4-6-25)31-34(14-1-2-15-34)33(41)38(31)21-22-12-17-37(18-13-22)26-7-9-28(32(39)40)30(20-26)42-27-8-10-29-24(19-27)11-16-36-29;1-5-27-20(25)17-8-6-15(23)13-19(17)28-16-7-9-18-14(12-16)10-11-24(18)21(26)29-22(2,3)4;20-16-5-3-15(4-6-16)17-19(9-1-2-10-19)18(23)22(17)13-14-7-11-21-12-8-14/h8-15,18,23-25,27,36H,5-7,16-17,19-22,26H2,1-4H3;3-11,16,19-20,22,31,36H,1-2,12-15,17-18,21H2,(H,39,40);6-13H,5H2,1-4H3;3-6,14,17,21H,1-2,7-13H2. The van der Waals surface area contributed by atoms with Crippen molar-refractivity contribution in [3.63, 3.8) is 0 Å². The van der Waals surface area contributed by atoms with Crippen molar-refractivity contribution in [1.82, 2.24) is 34.1 Å². The number of anilines is 2. The Kier molecular flexibility index (Phi) is 31.0. The van der Waals surface area contributed by atoms with Crippen molar-refractivity contribution in [2.75, 3.05) is 81.9 Å². The maximum absolute atomic E-state index is 13.7. The number of β-lactam (4-membered cyclic amide) rings is 3. The van der Waals surface area contributed by atoms with Gasteiger partial charge in [-0.15, -0.1) is 0 Å². The molecule has 0 radical (unpaired) electrons. The van der Waals surface area contributed by atoms with Crippen molar-refractivity contribution in [1.29, 1.82) is 0 Å². The minimum absolute atomic E-state index is 0.110. The van der Waals surface area contributed by atoms with Crippen molar-refractivity contribution in [2.45, 2.75) is 200 Å². The number of rotatable bonds is 22. The van der Waals surface area contributed by atoms with E-state index in [4.69, 9.17) is 68.0 Å². The maximum atomic E-state index is 13.7. The number of piperidine rings is 3. The van der Waals surface area contributed by atoms with Crippen LogP contribution in [0.25, 0.3) is 32.7 Å². The van der Waals surface area contributed by atoms with E-state index in [-0.39, 0.29) is 53.1 Å². The number of fused-ring (bicyclic) bond motifs is 3. The number of hydrogen-bond acceptors (Lipinski definition) is 18. The Morgan fingerprint density at radius 2 is 0.766 bits per heavy atom. The normalized spacial score (nSPS) is 19.2. The summed E-state index contributed by atoms with van der Waals surface area (Å²) in [4.78, 5) is 117. The Bertz CT molecular complexity index is 6750. The fourth-order valence-electron chi connectivity index (χ4n) is 23.3. The minimum atomic E-state index is -1.02. The summed E-state index contributed by atoms with van der Waals surface area (Å²) in [6, 6.07) is 62.9. The number of carboxylic acids is 1. The van der Waals surface area contributed by atoms with Crippen LogP contribution in [0.3, 0.4) is 0 Å². The number of carbonyl (C=O) groups is 8. The van der Waals surface area contributed by atoms with Crippen molar-refractivity contribution < 1.29 is 76.6 Å². The van der Waals surface area contributed by atoms with Crippen LogP contribution in [0.15, 0.2) is 223 Å². The number of aromatic amines is 1. The van der Waals surface area contributed by atoms with Gasteiger partial charge in [0.1, 0.15) is 62.4 Å². The molecule has 3 aliphatic carbocycles. The van der Waals surface area contributed by atoms with Gasteiger partial charge in [0.05, 0.1) is 58.6 Å². The molecule has 760 valence electrons. The summed E-state index contributed by atoms with van der Waals surface area (Å²) in [5.41, 5.74) is 6.95. The molecule has 9 heterocycles. The second kappa shape index (κ2) is 43.8. The third kappa shape index (κ3) is 22.4. The van der Waals surface area contributed by atoms with Crippen molar-refractivity contribution >= 4 is 143 Å². The van der Waals surface area contributed by atoms with Crippen LogP contribution in [0.1, 0.15) is 237 Å². The van der Waals surface area contributed by atoms with E-state index >= 15 is 0 Å². The third-order valence-corrected chi connectivity index (χ3v) is 31.4. The molecular weight excluding hydrogens is 1960 g/mol. The number of ether oxygens (including phenoxy) is 7. The summed E-state index contributed by atoms with van der Waals surface area (Å²) in [7, 11) is 0. The van der Waals surface area contributed by atoms with Gasteiger partial charge in [-0.05, 0) is 332 Å². The first-order chi connectivity index (χ1) is 69.7. The highest BCUT2D eigenvalue weighted by atomic mass is 79.9. The number of aromatic nitrogens is 3. The topological polar surface area (TPSA) is 275 Å². The highest BCUT2D eigenvalue weighted by molar-refractivity contribution is 9.10. The molecule has 9 aromatic carbocycles. The van der Waals surface area contributed by atoms with Crippen LogP contribution >= 0.6 is 50.7 Å². The van der Waals surface area contributed by atoms with Crippen molar-refractivity contribution in [3.05, 3.63) is 272 Å². The van der Waals surface area contributed by atoms with E-state index in [1.54, 1.807) is 86.9 Å². The van der Waals surface area contributed by atoms with Crippen LogP contribution in [0, 0.1) is 34.0 Å². The molecule has 3 amide bonds. The van der Waals surface area contributed by atoms with Crippen molar-refractivity contribution in [3.8, 4) is 34.5 Å². The lowest BCUT2D eigenvalue weighted by Gasteiger charge is -2.56. The molecule has 3 atom stereocenters. The van der Waals surface area contributed by atoms with Gasteiger partial charge in [0.2, 0.25) is 17.7 Å². The Labute approximate surface area is 869 Å². The minimum Gasteiger partial charge on any atom is -0.478 e. The molecule has 6 aliphatic heterocycles. The van der Waals surface area contributed by atoms with Gasteiger partial charge < -0.3 is 73.1 Å². The lowest BCUT2D eigenvalue weighted by molar-refractivity contribution is -0.175. The van der Waals surface area contributed by atoms with Gasteiger partial charge in [-0.2, -0.15) is 0 Å². The Balaban J connectivity index is 0.000000132. The summed E-state index contributed by atoms with van der Waals surface area (Å²) in [5.74, 6) is 3.35. The molecule has 145 heavy (non-hydrogen) atoms. The molecule has 3 saturated carbocycles. The molecule has 9 fully saturated rings. The SMILES string of the molecule is CCOC(=O)c1ccc(Br)cc1Oc1ccc2c(ccn2C(=O)OC(C)(C)C)c1.CCOC(=O)c1ccc(N2CCC(CN3C(=O)C4(CCCC4)C3c3ccc(Cl)cc3)CC2)cc1Oc1ccc2c(ccn2C(=O)OC(C)(C)C)c1.O=C(O)c1ccc(N2CCC(CN3C(=O)C4(CCCC4)C3c3ccc(Cl)cc3)CC2)cc1Oc1ccc2[nH]ccc2c1.O=C1N(CC2CCNCC2)C(c2ccc(Cl)cc2)C12CCCC2. The maximum Gasteiger partial charge on any atom is 0.418 e. The van der Waals surface area contributed by atoms with E-state index < -0.39 is 41.3 Å². The molecule has 25 nitrogen and oxygen atoms in total. The molecule has 0 bridgehead atoms. The van der Waals surface area contributed by atoms with Gasteiger partial charge >= 0.3 is 30.1 Å². The lowest BCUT2D eigenvalue weighted by Crippen LogP contribution is -2.63. The zero-order valence-electron chi connectivity index (χ0n) is 83.5. The number of likely N-dealkylation sites (tertiary alicyclic amines) is 3. The number of hydrogen-bond donors (Lipinski definition) is 3. The summed E-state index contributed by atoms with van der Waals surface area (Å²) >= 11 is 21.9. The van der Waals surface area contributed by atoms with Crippen LogP contribution in [-0.2, 0) is 33.3 Å². The van der Waals surface area contributed by atoms with Gasteiger partial charge in [-0.3, -0.25) is 23.5 Å². The second-order valence-electron chi connectivity index (χ2n) is 41.9. The van der Waals surface area contributed by atoms with Gasteiger partial charge in [0.15, 0.2) is 0 Å². The molecule has 21 rings (SSSR count).